The van der Waals surface area contributed by atoms with Gasteiger partial charge in [-0.25, -0.2) is 13.2 Å². The van der Waals surface area contributed by atoms with Gasteiger partial charge in [0.2, 0.25) is 5.91 Å². The predicted molar refractivity (Wildman–Crippen MR) is 101 cm³/mol. The Labute approximate surface area is 160 Å². The Balaban J connectivity index is 1.90. The minimum atomic E-state index is -1.64. The Bertz CT molecular complexity index is 888. The zero-order valence-corrected chi connectivity index (χ0v) is 15.7. The van der Waals surface area contributed by atoms with Crippen LogP contribution in [0.3, 0.4) is 0 Å². The summed E-state index contributed by atoms with van der Waals surface area (Å²) in [5.74, 6) is -4.04. The van der Waals surface area contributed by atoms with E-state index in [4.69, 9.17) is 4.74 Å². The minimum Gasteiger partial charge on any atom is -0.496 e. The largest absolute Gasteiger partial charge is 0.496 e. The van der Waals surface area contributed by atoms with Gasteiger partial charge in [0, 0.05) is 19.2 Å². The highest BCUT2D eigenvalue weighted by molar-refractivity contribution is 5.95. The molecule has 0 aliphatic rings. The molecule has 0 spiro atoms. The lowest BCUT2D eigenvalue weighted by Gasteiger charge is -2.14. The molecule has 1 amide bonds. The van der Waals surface area contributed by atoms with E-state index in [1.165, 1.54) is 7.05 Å². The maximum absolute atomic E-state index is 13.6. The molecule has 2 rings (SSSR count). The van der Waals surface area contributed by atoms with E-state index in [-0.39, 0.29) is 6.54 Å². The summed E-state index contributed by atoms with van der Waals surface area (Å²) in [6, 6.07) is 7.43. The van der Waals surface area contributed by atoms with Crippen molar-refractivity contribution < 1.29 is 22.7 Å². The lowest BCUT2D eigenvalue weighted by Crippen LogP contribution is -2.41. The van der Waals surface area contributed by atoms with Gasteiger partial charge in [0.1, 0.15) is 5.75 Å². The molecule has 0 fully saturated rings. The van der Waals surface area contributed by atoms with E-state index >= 15 is 0 Å². The van der Waals surface area contributed by atoms with Gasteiger partial charge >= 0.3 is 0 Å². The third-order valence-electron chi connectivity index (χ3n) is 3.84. The maximum Gasteiger partial charge on any atom is 0.243 e. The molecule has 0 bridgehead atoms. The summed E-state index contributed by atoms with van der Waals surface area (Å²) in [4.78, 5) is 15.9. The van der Waals surface area contributed by atoms with Crippen molar-refractivity contribution in [3.8, 4) is 5.75 Å². The minimum absolute atomic E-state index is 0.261. The van der Waals surface area contributed by atoms with Crippen LogP contribution in [0, 0.1) is 24.4 Å². The van der Waals surface area contributed by atoms with Crippen LogP contribution in [0.2, 0.25) is 0 Å². The monoisotopic (exact) mass is 394 g/mol. The molecule has 0 aromatic heterocycles. The van der Waals surface area contributed by atoms with Crippen LogP contribution in [0.5, 0.6) is 5.75 Å². The number of amides is 1. The second-order valence-corrected chi connectivity index (χ2v) is 5.87. The van der Waals surface area contributed by atoms with Crippen molar-refractivity contribution in [1.29, 1.82) is 0 Å². The predicted octanol–water partition coefficient (Wildman–Crippen LogP) is 2.72. The molecule has 0 saturated heterocycles. The van der Waals surface area contributed by atoms with E-state index in [1.54, 1.807) is 7.11 Å². The molecule has 28 heavy (non-hydrogen) atoms. The second kappa shape index (κ2) is 9.63. The number of rotatable bonds is 6. The Morgan fingerprint density at radius 2 is 1.86 bits per heavy atom. The van der Waals surface area contributed by atoms with Crippen molar-refractivity contribution in [1.82, 2.24) is 10.6 Å². The van der Waals surface area contributed by atoms with Crippen LogP contribution in [-0.2, 0) is 11.3 Å². The van der Waals surface area contributed by atoms with Gasteiger partial charge in [0.05, 0.1) is 19.3 Å². The lowest BCUT2D eigenvalue weighted by atomic mass is 10.1. The summed E-state index contributed by atoms with van der Waals surface area (Å²) in [6.07, 6.45) is 0. The number of ether oxygens (including phenoxy) is 1. The molecule has 0 aliphatic carbocycles. The number of carbonyl (C=O) groups is 1. The number of hydrogen-bond donors (Lipinski definition) is 3. The van der Waals surface area contributed by atoms with Crippen LogP contribution in [0.25, 0.3) is 0 Å². The molecule has 0 radical (unpaired) electrons. The summed E-state index contributed by atoms with van der Waals surface area (Å²) in [5, 5.41) is 7.94. The standard InChI is InChI=1S/C19H21F3N4O2/c1-11-4-5-12(15(8-11)28-3)9-24-19(23-2)25-10-16(27)26-14-7-6-13(20)17(21)18(14)22/h4-8H,9-10H2,1-3H3,(H,26,27)(H2,23,24,25). The van der Waals surface area contributed by atoms with Gasteiger partial charge in [-0.05, 0) is 30.7 Å². The Hall–Kier alpha value is -3.23. The quantitative estimate of drug-likeness (QED) is 0.400. The first kappa shape index (κ1) is 21.1. The second-order valence-electron chi connectivity index (χ2n) is 5.87. The van der Waals surface area contributed by atoms with Gasteiger partial charge in [0.15, 0.2) is 23.4 Å². The van der Waals surface area contributed by atoms with E-state index in [9.17, 15) is 18.0 Å². The molecule has 0 saturated carbocycles. The average molecular weight is 394 g/mol. The smallest absolute Gasteiger partial charge is 0.243 e. The number of aliphatic imine (C=N–C) groups is 1. The highest BCUT2D eigenvalue weighted by Gasteiger charge is 2.15. The molecule has 6 nitrogen and oxygen atoms in total. The molecule has 0 unspecified atom stereocenters. The number of hydrogen-bond acceptors (Lipinski definition) is 3. The van der Waals surface area contributed by atoms with Gasteiger partial charge < -0.3 is 20.7 Å². The summed E-state index contributed by atoms with van der Waals surface area (Å²) in [5.41, 5.74) is 1.51. The van der Waals surface area contributed by atoms with Crippen LogP contribution in [0.4, 0.5) is 18.9 Å². The van der Waals surface area contributed by atoms with Crippen molar-refractivity contribution in [2.24, 2.45) is 4.99 Å². The molecular formula is C19H21F3N4O2. The molecular weight excluding hydrogens is 373 g/mol. The molecule has 9 heteroatoms. The number of methoxy groups -OCH3 is 1. The highest BCUT2D eigenvalue weighted by Crippen LogP contribution is 2.20. The van der Waals surface area contributed by atoms with Gasteiger partial charge in [-0.15, -0.1) is 0 Å². The van der Waals surface area contributed by atoms with Crippen LogP contribution < -0.4 is 20.7 Å². The first-order valence-corrected chi connectivity index (χ1v) is 8.37. The molecule has 150 valence electrons. The molecule has 0 heterocycles. The van der Waals surface area contributed by atoms with Crippen LogP contribution in [-0.4, -0.2) is 32.6 Å². The van der Waals surface area contributed by atoms with E-state index in [1.807, 2.05) is 25.1 Å². The van der Waals surface area contributed by atoms with E-state index < -0.39 is 29.0 Å². The van der Waals surface area contributed by atoms with E-state index in [2.05, 4.69) is 20.9 Å². The zero-order chi connectivity index (χ0) is 20.7. The molecule has 2 aromatic carbocycles. The number of nitrogens with one attached hydrogen (secondary N) is 3. The number of aryl methyl sites for hydroxylation is 1. The summed E-state index contributed by atoms with van der Waals surface area (Å²) < 4.78 is 45.1. The number of benzene rings is 2. The van der Waals surface area contributed by atoms with E-state index in [0.717, 1.165) is 29.0 Å². The van der Waals surface area contributed by atoms with Crippen LogP contribution in [0.15, 0.2) is 35.3 Å². The highest BCUT2D eigenvalue weighted by atomic mass is 19.2. The molecule has 2 aromatic rings. The summed E-state index contributed by atoms with van der Waals surface area (Å²) in [6.45, 7) is 2.08. The van der Waals surface area contributed by atoms with Crippen molar-refractivity contribution in [2.45, 2.75) is 13.5 Å². The number of halogens is 3. The van der Waals surface area contributed by atoms with E-state index in [0.29, 0.717) is 12.5 Å². The van der Waals surface area contributed by atoms with Gasteiger partial charge in [-0.1, -0.05) is 12.1 Å². The molecule has 0 aliphatic heterocycles. The van der Waals surface area contributed by atoms with Crippen LogP contribution >= 0.6 is 0 Å². The molecule has 3 N–H and O–H groups in total. The maximum atomic E-state index is 13.6. The van der Waals surface area contributed by atoms with Crippen molar-refractivity contribution in [3.05, 3.63) is 58.9 Å². The topological polar surface area (TPSA) is 74.8 Å². The number of guanidine groups is 1. The Morgan fingerprint density at radius 3 is 2.54 bits per heavy atom. The third kappa shape index (κ3) is 5.38. The van der Waals surface area contributed by atoms with Crippen molar-refractivity contribution >= 4 is 17.6 Å². The number of nitrogens with zero attached hydrogens (tertiary/aromatic N) is 1. The van der Waals surface area contributed by atoms with Gasteiger partial charge in [-0.2, -0.15) is 0 Å². The third-order valence-corrected chi connectivity index (χ3v) is 3.84. The summed E-state index contributed by atoms with van der Waals surface area (Å²) in [7, 11) is 3.10. The fraction of sp³-hybridized carbons (Fsp3) is 0.263. The van der Waals surface area contributed by atoms with Gasteiger partial charge in [0.25, 0.3) is 0 Å². The van der Waals surface area contributed by atoms with Gasteiger partial charge in [-0.3, -0.25) is 9.79 Å². The lowest BCUT2D eigenvalue weighted by molar-refractivity contribution is -0.115. The SMILES string of the molecule is CN=C(NCC(=O)Nc1ccc(F)c(F)c1F)NCc1ccc(C)cc1OC. The fourth-order valence-electron chi connectivity index (χ4n) is 2.38. The number of anilines is 1. The zero-order valence-electron chi connectivity index (χ0n) is 15.7. The molecule has 0 atom stereocenters. The Kier molecular flexibility index (Phi) is 7.25. The van der Waals surface area contributed by atoms with Crippen molar-refractivity contribution in [3.63, 3.8) is 0 Å². The summed E-state index contributed by atoms with van der Waals surface area (Å²) >= 11 is 0. The fourth-order valence-corrected chi connectivity index (χ4v) is 2.38. The van der Waals surface area contributed by atoms with Crippen LogP contribution in [0.1, 0.15) is 11.1 Å². The normalized spacial score (nSPS) is 11.1. The number of carbonyl (C=O) groups excluding carboxylic acids is 1. The average Bonchev–Trinajstić information content (AvgIpc) is 2.69. The first-order valence-electron chi connectivity index (χ1n) is 8.37. The Morgan fingerprint density at radius 1 is 1.11 bits per heavy atom. The first-order chi connectivity index (χ1) is 13.3. The van der Waals surface area contributed by atoms with Crippen molar-refractivity contribution in [2.75, 3.05) is 26.0 Å².